The van der Waals surface area contributed by atoms with E-state index >= 15 is 0 Å². The van der Waals surface area contributed by atoms with Gasteiger partial charge in [0.25, 0.3) is 0 Å². The molecule has 0 aromatic heterocycles. The first kappa shape index (κ1) is 17.2. The van der Waals surface area contributed by atoms with Crippen molar-refractivity contribution in [3.8, 4) is 0 Å². The Hall–Kier alpha value is -2.18. The fourth-order valence-electron chi connectivity index (χ4n) is 2.06. The summed E-state index contributed by atoms with van der Waals surface area (Å²) in [6, 6.07) is 13.3. The molecule has 2 aromatic rings. The molecule has 122 valence electrons. The highest BCUT2D eigenvalue weighted by Gasteiger charge is 2.16. The standard InChI is InChI=1S/C17H19NO4S/c1-13-5-7-16(8-6-13)23(21,22)10-9-17(20)18-15-4-2-3-14(11-15)12-19/h2-8,11,19H,9-10,12H2,1H3,(H,18,20). The molecule has 0 aliphatic rings. The van der Waals surface area contributed by atoms with Crippen LogP contribution in [0.25, 0.3) is 0 Å². The summed E-state index contributed by atoms with van der Waals surface area (Å²) in [6.45, 7) is 1.76. The third-order valence-corrected chi connectivity index (χ3v) is 5.10. The van der Waals surface area contributed by atoms with Crippen LogP contribution < -0.4 is 5.32 Å². The van der Waals surface area contributed by atoms with E-state index in [-0.39, 0.29) is 29.6 Å². The Balaban J connectivity index is 1.96. The highest BCUT2D eigenvalue weighted by atomic mass is 32.2. The van der Waals surface area contributed by atoms with Crippen LogP contribution in [0.3, 0.4) is 0 Å². The van der Waals surface area contributed by atoms with E-state index < -0.39 is 9.84 Å². The van der Waals surface area contributed by atoms with Gasteiger partial charge in [-0.3, -0.25) is 4.79 Å². The van der Waals surface area contributed by atoms with E-state index in [9.17, 15) is 13.2 Å². The minimum atomic E-state index is -3.48. The van der Waals surface area contributed by atoms with Crippen molar-refractivity contribution in [2.24, 2.45) is 0 Å². The van der Waals surface area contributed by atoms with Gasteiger partial charge in [0.1, 0.15) is 0 Å². The van der Waals surface area contributed by atoms with Crippen molar-refractivity contribution in [2.45, 2.75) is 24.8 Å². The number of aliphatic hydroxyl groups is 1. The average Bonchev–Trinajstić information content (AvgIpc) is 2.54. The van der Waals surface area contributed by atoms with Crippen LogP contribution in [0, 0.1) is 6.92 Å². The summed E-state index contributed by atoms with van der Waals surface area (Å²) in [5.74, 6) is -0.627. The van der Waals surface area contributed by atoms with Crippen LogP contribution in [0.15, 0.2) is 53.4 Å². The number of rotatable bonds is 6. The summed E-state index contributed by atoms with van der Waals surface area (Å²) in [7, 11) is -3.48. The van der Waals surface area contributed by atoms with Crippen molar-refractivity contribution in [1.82, 2.24) is 0 Å². The van der Waals surface area contributed by atoms with E-state index in [1.165, 1.54) is 0 Å². The highest BCUT2D eigenvalue weighted by molar-refractivity contribution is 7.91. The topological polar surface area (TPSA) is 83.5 Å². The van der Waals surface area contributed by atoms with Gasteiger partial charge in [0.2, 0.25) is 5.91 Å². The smallest absolute Gasteiger partial charge is 0.225 e. The first-order chi connectivity index (χ1) is 10.9. The van der Waals surface area contributed by atoms with Gasteiger partial charge in [-0.1, -0.05) is 29.8 Å². The van der Waals surface area contributed by atoms with Crippen LogP contribution in [0.1, 0.15) is 17.5 Å². The predicted octanol–water partition coefficient (Wildman–Crippen LogP) is 2.29. The zero-order valence-corrected chi connectivity index (χ0v) is 13.6. The van der Waals surface area contributed by atoms with Crippen LogP contribution in [0.5, 0.6) is 0 Å². The summed E-state index contributed by atoms with van der Waals surface area (Å²) >= 11 is 0. The summed E-state index contributed by atoms with van der Waals surface area (Å²) in [5, 5.41) is 11.7. The minimum Gasteiger partial charge on any atom is -0.392 e. The van der Waals surface area contributed by atoms with Gasteiger partial charge < -0.3 is 10.4 Å². The number of aryl methyl sites for hydroxylation is 1. The zero-order valence-electron chi connectivity index (χ0n) is 12.8. The third-order valence-electron chi connectivity index (χ3n) is 3.37. The van der Waals surface area contributed by atoms with E-state index in [1.807, 2.05) is 6.92 Å². The molecule has 0 radical (unpaired) electrons. The van der Waals surface area contributed by atoms with Crippen molar-refractivity contribution in [1.29, 1.82) is 0 Å². The maximum atomic E-state index is 12.2. The van der Waals surface area contributed by atoms with Gasteiger partial charge in [0.05, 0.1) is 17.3 Å². The van der Waals surface area contributed by atoms with Gasteiger partial charge in [-0.05, 0) is 36.8 Å². The Morgan fingerprint density at radius 1 is 1.13 bits per heavy atom. The molecule has 5 nitrogen and oxygen atoms in total. The van der Waals surface area contributed by atoms with Crippen molar-refractivity contribution in [2.75, 3.05) is 11.1 Å². The largest absolute Gasteiger partial charge is 0.392 e. The van der Waals surface area contributed by atoms with Crippen LogP contribution >= 0.6 is 0 Å². The van der Waals surface area contributed by atoms with Gasteiger partial charge >= 0.3 is 0 Å². The first-order valence-electron chi connectivity index (χ1n) is 7.20. The molecule has 0 bridgehead atoms. The molecular formula is C17H19NO4S. The van der Waals surface area contributed by atoms with Gasteiger partial charge in [0, 0.05) is 12.1 Å². The number of benzene rings is 2. The lowest BCUT2D eigenvalue weighted by atomic mass is 10.2. The normalized spacial score (nSPS) is 11.2. The maximum Gasteiger partial charge on any atom is 0.225 e. The Bertz CT molecular complexity index is 782. The highest BCUT2D eigenvalue weighted by Crippen LogP contribution is 2.14. The lowest BCUT2D eigenvalue weighted by molar-refractivity contribution is -0.115. The SMILES string of the molecule is Cc1ccc(S(=O)(=O)CCC(=O)Nc2cccc(CO)c2)cc1. The molecule has 0 heterocycles. The molecular weight excluding hydrogens is 314 g/mol. The number of nitrogens with one attached hydrogen (secondary N) is 1. The van der Waals surface area contributed by atoms with E-state index in [0.29, 0.717) is 11.3 Å². The molecule has 0 saturated carbocycles. The first-order valence-corrected chi connectivity index (χ1v) is 8.85. The number of hydrogen-bond acceptors (Lipinski definition) is 4. The number of amides is 1. The van der Waals surface area contributed by atoms with Crippen molar-refractivity contribution in [3.63, 3.8) is 0 Å². The number of sulfone groups is 1. The summed E-state index contributed by atoms with van der Waals surface area (Å²) < 4.78 is 24.4. The van der Waals surface area contributed by atoms with Gasteiger partial charge in [-0.2, -0.15) is 0 Å². The molecule has 0 aliphatic heterocycles. The average molecular weight is 333 g/mol. The van der Waals surface area contributed by atoms with E-state index in [1.54, 1.807) is 48.5 Å². The quantitative estimate of drug-likeness (QED) is 0.849. The Kier molecular flexibility index (Phi) is 5.52. The number of aliphatic hydroxyl groups excluding tert-OH is 1. The molecule has 0 unspecified atom stereocenters. The van der Waals surface area contributed by atoms with Gasteiger partial charge in [0.15, 0.2) is 9.84 Å². The molecule has 2 rings (SSSR count). The molecule has 0 aliphatic carbocycles. The summed E-state index contributed by atoms with van der Waals surface area (Å²) in [6.07, 6.45) is -0.125. The molecule has 0 saturated heterocycles. The summed E-state index contributed by atoms with van der Waals surface area (Å²) in [5.41, 5.74) is 2.19. The molecule has 0 atom stereocenters. The maximum absolute atomic E-state index is 12.2. The second-order valence-corrected chi connectivity index (χ2v) is 7.40. The van der Waals surface area contributed by atoms with Crippen LogP contribution in [-0.4, -0.2) is 25.2 Å². The fraction of sp³-hybridized carbons (Fsp3) is 0.235. The number of carbonyl (C=O) groups excluding carboxylic acids is 1. The van der Waals surface area contributed by atoms with Gasteiger partial charge in [-0.25, -0.2) is 8.42 Å². The zero-order chi connectivity index (χ0) is 16.9. The minimum absolute atomic E-state index is 0.120. The summed E-state index contributed by atoms with van der Waals surface area (Å²) in [4.78, 5) is 12.1. The molecule has 0 spiro atoms. The molecule has 2 aromatic carbocycles. The van der Waals surface area contributed by atoms with Crippen molar-refractivity contribution >= 4 is 21.4 Å². The molecule has 6 heteroatoms. The van der Waals surface area contributed by atoms with Crippen molar-refractivity contribution < 1.29 is 18.3 Å². The predicted molar refractivity (Wildman–Crippen MR) is 88.8 cm³/mol. The third kappa shape index (κ3) is 4.91. The molecule has 1 amide bonds. The van der Waals surface area contributed by atoms with Crippen LogP contribution in [-0.2, 0) is 21.2 Å². The van der Waals surface area contributed by atoms with E-state index in [2.05, 4.69) is 5.32 Å². The number of anilines is 1. The van der Waals surface area contributed by atoms with E-state index in [4.69, 9.17) is 5.11 Å². The Morgan fingerprint density at radius 3 is 2.48 bits per heavy atom. The lowest BCUT2D eigenvalue weighted by Crippen LogP contribution is -2.17. The molecule has 2 N–H and O–H groups in total. The van der Waals surface area contributed by atoms with E-state index in [0.717, 1.165) is 5.56 Å². The number of hydrogen-bond donors (Lipinski definition) is 2. The van der Waals surface area contributed by atoms with Crippen molar-refractivity contribution in [3.05, 3.63) is 59.7 Å². The van der Waals surface area contributed by atoms with Crippen LogP contribution in [0.2, 0.25) is 0 Å². The van der Waals surface area contributed by atoms with Gasteiger partial charge in [-0.15, -0.1) is 0 Å². The molecule has 23 heavy (non-hydrogen) atoms. The Morgan fingerprint density at radius 2 is 1.83 bits per heavy atom. The second kappa shape index (κ2) is 7.39. The van der Waals surface area contributed by atoms with Crippen LogP contribution in [0.4, 0.5) is 5.69 Å². The molecule has 0 fully saturated rings. The lowest BCUT2D eigenvalue weighted by Gasteiger charge is -2.07. The fourth-order valence-corrected chi connectivity index (χ4v) is 3.30. The Labute approximate surface area is 135 Å². The number of carbonyl (C=O) groups is 1. The monoisotopic (exact) mass is 333 g/mol. The second-order valence-electron chi connectivity index (χ2n) is 5.29.